The molecule has 2 aromatic carbocycles. The summed E-state index contributed by atoms with van der Waals surface area (Å²) in [7, 11) is 1.47. The highest BCUT2D eigenvalue weighted by Gasteiger charge is 2.30. The molecule has 0 aliphatic rings. The van der Waals surface area contributed by atoms with Crippen LogP contribution in [-0.2, 0) is 9.59 Å². The Kier molecular flexibility index (Phi) is 6.81. The third kappa shape index (κ3) is 7.14. The van der Waals surface area contributed by atoms with Crippen molar-refractivity contribution in [1.82, 2.24) is 4.90 Å². The van der Waals surface area contributed by atoms with Gasteiger partial charge in [0.05, 0.1) is 6.54 Å². The van der Waals surface area contributed by atoms with Crippen LogP contribution in [0.1, 0.15) is 11.1 Å². The first-order chi connectivity index (χ1) is 13.1. The molecule has 2 rings (SSSR count). The van der Waals surface area contributed by atoms with Crippen molar-refractivity contribution in [1.29, 1.82) is 0 Å². The van der Waals surface area contributed by atoms with Gasteiger partial charge < -0.3 is 15.0 Å². The number of carbonyl (C=O) groups is 2. The van der Waals surface area contributed by atoms with E-state index in [-0.39, 0.29) is 23.9 Å². The molecular formula is C20H19F3N2O3. The molecule has 0 radical (unpaired) electrons. The fourth-order valence-corrected chi connectivity index (χ4v) is 2.21. The van der Waals surface area contributed by atoms with Crippen molar-refractivity contribution in [3.05, 3.63) is 65.7 Å². The molecule has 148 valence electrons. The summed E-state index contributed by atoms with van der Waals surface area (Å²) in [5.74, 6) is -1.23. The Morgan fingerprint density at radius 1 is 1.07 bits per heavy atom. The molecule has 0 saturated heterocycles. The Labute approximate surface area is 160 Å². The number of hydrogen-bond acceptors (Lipinski definition) is 3. The Bertz CT molecular complexity index is 844. The Balaban J connectivity index is 1.86. The SMILES string of the molecule is Cc1ccc(/C=C/C(=O)N(C)CC(=O)Nc2ccc(OC(F)(F)F)cc2)cc1. The normalized spacial score (nSPS) is 11.3. The third-order valence-electron chi connectivity index (χ3n) is 3.62. The third-order valence-corrected chi connectivity index (χ3v) is 3.62. The largest absolute Gasteiger partial charge is 0.573 e. The number of ether oxygens (including phenoxy) is 1. The molecule has 0 spiro atoms. The number of amides is 2. The van der Waals surface area contributed by atoms with Gasteiger partial charge in [-0.25, -0.2) is 0 Å². The average molecular weight is 392 g/mol. The topological polar surface area (TPSA) is 58.6 Å². The lowest BCUT2D eigenvalue weighted by Gasteiger charge is -2.15. The summed E-state index contributed by atoms with van der Waals surface area (Å²) in [5, 5.41) is 2.50. The fourth-order valence-electron chi connectivity index (χ4n) is 2.21. The second-order valence-electron chi connectivity index (χ2n) is 6.06. The van der Waals surface area contributed by atoms with E-state index >= 15 is 0 Å². The molecule has 28 heavy (non-hydrogen) atoms. The standard InChI is InChI=1S/C20H19F3N2O3/c1-14-3-5-15(6-4-14)7-12-19(27)25(2)13-18(26)24-16-8-10-17(11-9-16)28-20(21,22)23/h3-12H,13H2,1-2H3,(H,24,26)/b12-7+. The number of likely N-dealkylation sites (N-methyl/N-ethyl adjacent to an activating group) is 1. The second-order valence-corrected chi connectivity index (χ2v) is 6.06. The molecule has 0 atom stereocenters. The van der Waals surface area contributed by atoms with Crippen molar-refractivity contribution in [3.63, 3.8) is 0 Å². The van der Waals surface area contributed by atoms with Crippen LogP contribution in [0.5, 0.6) is 5.75 Å². The van der Waals surface area contributed by atoms with Crippen molar-refractivity contribution in [3.8, 4) is 5.75 Å². The van der Waals surface area contributed by atoms with E-state index in [4.69, 9.17) is 0 Å². The number of halogens is 3. The molecule has 2 aromatic rings. The van der Waals surface area contributed by atoms with Crippen LogP contribution in [0.2, 0.25) is 0 Å². The molecule has 8 heteroatoms. The molecule has 0 fully saturated rings. The highest BCUT2D eigenvalue weighted by atomic mass is 19.4. The van der Waals surface area contributed by atoms with Crippen molar-refractivity contribution < 1.29 is 27.5 Å². The van der Waals surface area contributed by atoms with Gasteiger partial charge in [0.2, 0.25) is 11.8 Å². The van der Waals surface area contributed by atoms with Gasteiger partial charge in [-0.2, -0.15) is 0 Å². The molecule has 0 unspecified atom stereocenters. The van der Waals surface area contributed by atoms with Gasteiger partial charge >= 0.3 is 6.36 Å². The van der Waals surface area contributed by atoms with Gasteiger partial charge in [0.25, 0.3) is 0 Å². The summed E-state index contributed by atoms with van der Waals surface area (Å²) < 4.78 is 40.1. The van der Waals surface area contributed by atoms with Crippen LogP contribution in [0.25, 0.3) is 6.08 Å². The summed E-state index contributed by atoms with van der Waals surface area (Å²) in [6.45, 7) is 1.75. The maximum Gasteiger partial charge on any atom is 0.573 e. The van der Waals surface area contributed by atoms with E-state index in [9.17, 15) is 22.8 Å². The summed E-state index contributed by atoms with van der Waals surface area (Å²) in [5.41, 5.74) is 2.25. The number of anilines is 1. The maximum absolute atomic E-state index is 12.1. The highest BCUT2D eigenvalue weighted by molar-refractivity contribution is 5.97. The number of rotatable bonds is 6. The Hall–Kier alpha value is -3.29. The predicted molar refractivity (Wildman–Crippen MR) is 99.6 cm³/mol. The van der Waals surface area contributed by atoms with Crippen LogP contribution in [0.3, 0.4) is 0 Å². The molecule has 0 heterocycles. The Morgan fingerprint density at radius 3 is 2.25 bits per heavy atom. The van der Waals surface area contributed by atoms with Gasteiger partial charge in [0.1, 0.15) is 5.75 Å². The lowest BCUT2D eigenvalue weighted by atomic mass is 10.1. The number of alkyl halides is 3. The fraction of sp³-hybridized carbons (Fsp3) is 0.200. The molecule has 0 bridgehead atoms. The zero-order valence-corrected chi connectivity index (χ0v) is 15.3. The first kappa shape index (κ1) is 21.0. The number of nitrogens with one attached hydrogen (secondary N) is 1. The van der Waals surface area contributed by atoms with Crippen molar-refractivity contribution in [2.24, 2.45) is 0 Å². The molecule has 0 aliphatic heterocycles. The number of aryl methyl sites for hydroxylation is 1. The minimum absolute atomic E-state index is 0.210. The van der Waals surface area contributed by atoms with Crippen LogP contribution in [0.15, 0.2) is 54.6 Å². The van der Waals surface area contributed by atoms with E-state index in [2.05, 4.69) is 10.1 Å². The van der Waals surface area contributed by atoms with Gasteiger partial charge in [0.15, 0.2) is 0 Å². The highest BCUT2D eigenvalue weighted by Crippen LogP contribution is 2.23. The van der Waals surface area contributed by atoms with Crippen LogP contribution in [0.4, 0.5) is 18.9 Å². The number of carbonyl (C=O) groups excluding carboxylic acids is 2. The lowest BCUT2D eigenvalue weighted by Crippen LogP contribution is -2.33. The van der Waals surface area contributed by atoms with Gasteiger partial charge in [-0.1, -0.05) is 29.8 Å². The quantitative estimate of drug-likeness (QED) is 0.756. The van der Waals surface area contributed by atoms with Gasteiger partial charge in [-0.15, -0.1) is 13.2 Å². The first-order valence-electron chi connectivity index (χ1n) is 8.28. The van der Waals surface area contributed by atoms with Gasteiger partial charge in [-0.05, 0) is 42.8 Å². The number of benzene rings is 2. The molecule has 5 nitrogen and oxygen atoms in total. The molecule has 2 amide bonds. The van der Waals surface area contributed by atoms with E-state index in [1.807, 2.05) is 31.2 Å². The van der Waals surface area contributed by atoms with Crippen molar-refractivity contribution >= 4 is 23.6 Å². The molecule has 0 aromatic heterocycles. The van der Waals surface area contributed by atoms with Crippen LogP contribution < -0.4 is 10.1 Å². The van der Waals surface area contributed by atoms with Crippen molar-refractivity contribution in [2.45, 2.75) is 13.3 Å². The van der Waals surface area contributed by atoms with Crippen LogP contribution >= 0.6 is 0 Å². The smallest absolute Gasteiger partial charge is 0.406 e. The van der Waals surface area contributed by atoms with E-state index in [1.54, 1.807) is 6.08 Å². The minimum Gasteiger partial charge on any atom is -0.406 e. The molecule has 1 N–H and O–H groups in total. The molecular weight excluding hydrogens is 373 g/mol. The lowest BCUT2D eigenvalue weighted by molar-refractivity contribution is -0.274. The van der Waals surface area contributed by atoms with Crippen LogP contribution in [-0.4, -0.2) is 36.7 Å². The average Bonchev–Trinajstić information content (AvgIpc) is 2.61. The summed E-state index contributed by atoms with van der Waals surface area (Å²) >= 11 is 0. The number of nitrogens with zero attached hydrogens (tertiary/aromatic N) is 1. The monoisotopic (exact) mass is 392 g/mol. The first-order valence-corrected chi connectivity index (χ1v) is 8.28. The molecule has 0 aliphatic carbocycles. The van der Waals surface area contributed by atoms with Gasteiger partial charge in [0, 0.05) is 18.8 Å². The predicted octanol–water partition coefficient (Wildman–Crippen LogP) is 4.00. The maximum atomic E-state index is 12.1. The van der Waals surface area contributed by atoms with E-state index < -0.39 is 12.3 Å². The molecule has 0 saturated carbocycles. The van der Waals surface area contributed by atoms with E-state index in [0.29, 0.717) is 0 Å². The summed E-state index contributed by atoms with van der Waals surface area (Å²) in [6, 6.07) is 12.3. The zero-order valence-electron chi connectivity index (χ0n) is 15.3. The van der Waals surface area contributed by atoms with Crippen LogP contribution in [0, 0.1) is 6.92 Å². The van der Waals surface area contributed by atoms with E-state index in [0.717, 1.165) is 23.3 Å². The van der Waals surface area contributed by atoms with Gasteiger partial charge in [-0.3, -0.25) is 9.59 Å². The second kappa shape index (κ2) is 9.07. The summed E-state index contributed by atoms with van der Waals surface area (Å²) in [6.07, 6.45) is -1.77. The summed E-state index contributed by atoms with van der Waals surface area (Å²) in [4.78, 5) is 25.3. The van der Waals surface area contributed by atoms with Crippen molar-refractivity contribution in [2.75, 3.05) is 18.9 Å². The zero-order chi connectivity index (χ0) is 20.7. The van der Waals surface area contributed by atoms with E-state index in [1.165, 1.54) is 30.2 Å². The number of hydrogen-bond donors (Lipinski definition) is 1. The minimum atomic E-state index is -4.78. The Morgan fingerprint density at radius 2 is 1.68 bits per heavy atom.